The molecule has 4 heterocycles. The number of carbonyl (C=O) groups excluding carboxylic acids is 1. The van der Waals surface area contributed by atoms with Crippen LogP contribution >= 0.6 is 0 Å². The SMILES string of the molecule is Cc1cccc(CN2CC3(C2)OCCC3COCC(=O)N2CCCC2)n1.O=C(O)C(F)(F)F.O=C(O)C(F)(F)F. The van der Waals surface area contributed by atoms with Crippen LogP contribution in [0.3, 0.4) is 0 Å². The first kappa shape index (κ1) is 33.2. The summed E-state index contributed by atoms with van der Waals surface area (Å²) in [5.74, 6) is -4.99. The predicted octanol–water partition coefficient (Wildman–Crippen LogP) is 2.89. The molecule has 1 atom stereocenters. The second-order valence-electron chi connectivity index (χ2n) is 9.52. The fraction of sp³-hybridized carbons (Fsp3) is 0.667. The molecule has 2 N–H and O–H groups in total. The van der Waals surface area contributed by atoms with Crippen LogP contribution in [0.25, 0.3) is 0 Å². The first-order chi connectivity index (χ1) is 18.5. The number of rotatable bonds is 6. The Kier molecular flexibility index (Phi) is 11.7. The number of carbonyl (C=O) groups is 3. The zero-order chi connectivity index (χ0) is 30.1. The van der Waals surface area contributed by atoms with Crippen LogP contribution in [0.2, 0.25) is 0 Å². The first-order valence-electron chi connectivity index (χ1n) is 12.3. The number of carboxylic acid groups (broad SMARTS) is 2. The Bertz CT molecular complexity index is 985. The molecule has 3 aliphatic rings. The number of alkyl halides is 6. The van der Waals surface area contributed by atoms with Gasteiger partial charge in [0.25, 0.3) is 0 Å². The van der Waals surface area contributed by atoms with E-state index in [-0.39, 0.29) is 18.1 Å². The molecule has 10 nitrogen and oxygen atoms in total. The number of pyridine rings is 1. The molecule has 3 saturated heterocycles. The molecule has 1 unspecified atom stereocenters. The van der Waals surface area contributed by atoms with E-state index in [0.29, 0.717) is 12.5 Å². The van der Waals surface area contributed by atoms with Crippen LogP contribution < -0.4 is 0 Å². The zero-order valence-electron chi connectivity index (χ0n) is 21.6. The molecule has 226 valence electrons. The summed E-state index contributed by atoms with van der Waals surface area (Å²) in [5.41, 5.74) is 2.09. The van der Waals surface area contributed by atoms with E-state index in [4.69, 9.17) is 29.3 Å². The Hall–Kier alpha value is -2.98. The topological polar surface area (TPSA) is 130 Å². The van der Waals surface area contributed by atoms with Crippen molar-refractivity contribution in [3.8, 4) is 0 Å². The van der Waals surface area contributed by atoms with Crippen LogP contribution in [0.1, 0.15) is 30.7 Å². The Morgan fingerprint density at radius 1 is 1.05 bits per heavy atom. The van der Waals surface area contributed by atoms with Gasteiger partial charge in [0, 0.05) is 50.9 Å². The van der Waals surface area contributed by atoms with E-state index in [1.54, 1.807) is 0 Å². The van der Waals surface area contributed by atoms with E-state index in [1.807, 2.05) is 17.9 Å². The molecule has 1 amide bonds. The number of carboxylic acids is 2. The molecule has 4 rings (SSSR count). The third-order valence-electron chi connectivity index (χ3n) is 6.40. The minimum absolute atomic E-state index is 0.0828. The van der Waals surface area contributed by atoms with Gasteiger partial charge in [-0.15, -0.1) is 0 Å². The molecule has 0 radical (unpaired) electrons. The van der Waals surface area contributed by atoms with Gasteiger partial charge >= 0.3 is 24.3 Å². The van der Waals surface area contributed by atoms with E-state index in [9.17, 15) is 31.1 Å². The highest BCUT2D eigenvalue weighted by molar-refractivity contribution is 5.77. The number of nitrogens with zero attached hydrogens (tertiary/aromatic N) is 3. The smallest absolute Gasteiger partial charge is 0.475 e. The summed E-state index contributed by atoms with van der Waals surface area (Å²) < 4.78 is 75.4. The Balaban J connectivity index is 0.000000333. The minimum atomic E-state index is -5.08. The number of hydrogen-bond donors (Lipinski definition) is 2. The second kappa shape index (κ2) is 14.1. The van der Waals surface area contributed by atoms with E-state index in [1.165, 1.54) is 0 Å². The zero-order valence-corrected chi connectivity index (χ0v) is 21.6. The number of halogens is 6. The molecule has 3 fully saturated rings. The maximum Gasteiger partial charge on any atom is 0.490 e. The lowest BCUT2D eigenvalue weighted by molar-refractivity contribution is -0.193. The van der Waals surface area contributed by atoms with Crippen LogP contribution in [0, 0.1) is 12.8 Å². The summed E-state index contributed by atoms with van der Waals surface area (Å²) in [6.45, 7) is 8.16. The third-order valence-corrected chi connectivity index (χ3v) is 6.40. The molecular weight excluding hydrogens is 556 g/mol. The number of aliphatic carboxylic acids is 2. The highest BCUT2D eigenvalue weighted by Gasteiger charge is 2.53. The number of ether oxygens (including phenoxy) is 2. The number of likely N-dealkylation sites (tertiary alicyclic amines) is 2. The number of aromatic nitrogens is 1. The lowest BCUT2D eigenvalue weighted by Gasteiger charge is -2.50. The Morgan fingerprint density at radius 3 is 2.10 bits per heavy atom. The lowest BCUT2D eigenvalue weighted by atomic mass is 9.81. The predicted molar refractivity (Wildman–Crippen MR) is 125 cm³/mol. The van der Waals surface area contributed by atoms with Gasteiger partial charge in [0.1, 0.15) is 6.61 Å². The van der Waals surface area contributed by atoms with Crippen molar-refractivity contribution in [3.05, 3.63) is 29.6 Å². The maximum atomic E-state index is 12.1. The molecule has 0 bridgehead atoms. The van der Waals surface area contributed by atoms with E-state index in [2.05, 4.69) is 22.0 Å². The van der Waals surface area contributed by atoms with Gasteiger partial charge in [-0.05, 0) is 38.3 Å². The maximum absolute atomic E-state index is 12.1. The molecular formula is C24H31F6N3O7. The van der Waals surface area contributed by atoms with Crippen LogP contribution in [-0.2, 0) is 30.4 Å². The standard InChI is InChI=1S/C20H29N3O3.2C2HF3O2/c1-16-5-4-6-18(21-16)11-22-14-20(15-22)17(7-10-26-20)12-25-13-19(24)23-8-2-3-9-23;2*3-2(4,5)1(6)7/h4-6,17H,2-3,7-15H2,1H3;2*(H,6,7). The number of amides is 1. The van der Waals surface area contributed by atoms with Crippen molar-refractivity contribution in [2.45, 2.75) is 50.7 Å². The molecule has 1 spiro atoms. The third kappa shape index (κ3) is 10.2. The van der Waals surface area contributed by atoms with E-state index in [0.717, 1.165) is 70.0 Å². The Morgan fingerprint density at radius 2 is 1.60 bits per heavy atom. The molecule has 3 aliphatic heterocycles. The lowest BCUT2D eigenvalue weighted by Crippen LogP contribution is -2.64. The fourth-order valence-electron chi connectivity index (χ4n) is 4.46. The highest BCUT2D eigenvalue weighted by atomic mass is 19.4. The van der Waals surface area contributed by atoms with Gasteiger partial charge in [0.05, 0.1) is 17.9 Å². The first-order valence-corrected chi connectivity index (χ1v) is 12.3. The average Bonchev–Trinajstić information content (AvgIpc) is 3.49. The van der Waals surface area contributed by atoms with Gasteiger partial charge in [0.15, 0.2) is 0 Å². The van der Waals surface area contributed by atoms with E-state index >= 15 is 0 Å². The van der Waals surface area contributed by atoms with Gasteiger partial charge in [-0.25, -0.2) is 9.59 Å². The summed E-state index contributed by atoms with van der Waals surface area (Å²) in [6, 6.07) is 6.17. The normalized spacial score (nSPS) is 20.2. The van der Waals surface area contributed by atoms with Gasteiger partial charge < -0.3 is 24.6 Å². The van der Waals surface area contributed by atoms with Crippen molar-refractivity contribution < 1.29 is 60.4 Å². The van der Waals surface area contributed by atoms with Crippen LogP contribution in [0.15, 0.2) is 18.2 Å². The molecule has 1 aromatic heterocycles. The summed E-state index contributed by atoms with van der Waals surface area (Å²) in [5, 5.41) is 14.2. The quantitative estimate of drug-likeness (QED) is 0.483. The van der Waals surface area contributed by atoms with Crippen LogP contribution in [0.5, 0.6) is 0 Å². The minimum Gasteiger partial charge on any atom is -0.475 e. The van der Waals surface area contributed by atoms with Gasteiger partial charge in [-0.3, -0.25) is 14.7 Å². The highest BCUT2D eigenvalue weighted by Crippen LogP contribution is 2.40. The van der Waals surface area contributed by atoms with Crippen molar-refractivity contribution in [2.75, 3.05) is 46.0 Å². The fourth-order valence-corrected chi connectivity index (χ4v) is 4.46. The van der Waals surface area contributed by atoms with Crippen LogP contribution in [0.4, 0.5) is 26.3 Å². The van der Waals surface area contributed by atoms with Crippen molar-refractivity contribution in [2.24, 2.45) is 5.92 Å². The number of hydrogen-bond acceptors (Lipinski definition) is 7. The molecule has 0 aliphatic carbocycles. The van der Waals surface area contributed by atoms with E-state index < -0.39 is 24.3 Å². The van der Waals surface area contributed by atoms with Crippen molar-refractivity contribution in [1.29, 1.82) is 0 Å². The summed E-state index contributed by atoms with van der Waals surface area (Å²) in [7, 11) is 0. The average molecular weight is 588 g/mol. The molecule has 1 aromatic rings. The Labute approximate surface area is 225 Å². The molecule has 0 aromatic carbocycles. The summed E-state index contributed by atoms with van der Waals surface area (Å²) in [4.78, 5) is 38.8. The van der Waals surface area contributed by atoms with Gasteiger partial charge in [0.2, 0.25) is 5.91 Å². The largest absolute Gasteiger partial charge is 0.490 e. The van der Waals surface area contributed by atoms with Gasteiger partial charge in [-0.1, -0.05) is 6.07 Å². The van der Waals surface area contributed by atoms with Crippen LogP contribution in [-0.4, -0.2) is 107 Å². The van der Waals surface area contributed by atoms with Gasteiger partial charge in [-0.2, -0.15) is 26.3 Å². The number of aryl methyl sites for hydroxylation is 1. The second-order valence-corrected chi connectivity index (χ2v) is 9.52. The van der Waals surface area contributed by atoms with Crippen molar-refractivity contribution >= 4 is 17.8 Å². The van der Waals surface area contributed by atoms with Crippen molar-refractivity contribution in [3.63, 3.8) is 0 Å². The summed E-state index contributed by atoms with van der Waals surface area (Å²) in [6.07, 6.45) is -6.90. The molecule has 40 heavy (non-hydrogen) atoms. The molecule has 16 heteroatoms. The van der Waals surface area contributed by atoms with Crippen molar-refractivity contribution in [1.82, 2.24) is 14.8 Å². The summed E-state index contributed by atoms with van der Waals surface area (Å²) >= 11 is 0. The molecule has 0 saturated carbocycles. The monoisotopic (exact) mass is 587 g/mol.